The summed E-state index contributed by atoms with van der Waals surface area (Å²) < 4.78 is 16.9. The van der Waals surface area contributed by atoms with Crippen LogP contribution in [0.4, 0.5) is 0 Å². The van der Waals surface area contributed by atoms with E-state index in [0.29, 0.717) is 6.54 Å². The van der Waals surface area contributed by atoms with Crippen LogP contribution in [-0.2, 0) is 14.2 Å². The summed E-state index contributed by atoms with van der Waals surface area (Å²) in [5.74, 6) is 1.74. The van der Waals surface area contributed by atoms with Crippen LogP contribution in [0.25, 0.3) is 0 Å². The minimum Gasteiger partial charge on any atom is -0.381 e. The molecule has 0 aromatic rings. The van der Waals surface area contributed by atoms with Crippen molar-refractivity contribution < 1.29 is 14.2 Å². The Morgan fingerprint density at radius 2 is 2.09 bits per heavy atom. The minimum absolute atomic E-state index is 0.178. The van der Waals surface area contributed by atoms with E-state index >= 15 is 0 Å². The van der Waals surface area contributed by atoms with Crippen molar-refractivity contribution in [3.8, 4) is 0 Å². The van der Waals surface area contributed by atoms with E-state index in [1.807, 2.05) is 0 Å². The highest BCUT2D eigenvalue weighted by molar-refractivity contribution is 5.79. The van der Waals surface area contributed by atoms with Crippen molar-refractivity contribution in [1.82, 2.24) is 10.2 Å². The number of rotatable bonds is 9. The summed E-state index contributed by atoms with van der Waals surface area (Å²) in [7, 11) is 3.84. The lowest BCUT2D eigenvalue weighted by Gasteiger charge is -2.35. The van der Waals surface area contributed by atoms with Gasteiger partial charge in [-0.25, -0.2) is 0 Å². The summed E-state index contributed by atoms with van der Waals surface area (Å²) in [5, 5.41) is 3.36. The summed E-state index contributed by atoms with van der Waals surface area (Å²) in [6.07, 6.45) is 4.48. The zero-order chi connectivity index (χ0) is 16.5. The Labute approximate surface area is 140 Å². The summed E-state index contributed by atoms with van der Waals surface area (Å²) in [4.78, 5) is 6.94. The summed E-state index contributed by atoms with van der Waals surface area (Å²) in [6, 6.07) is 0. The number of hydrogen-bond donors (Lipinski definition) is 1. The van der Waals surface area contributed by atoms with Crippen molar-refractivity contribution in [2.45, 2.75) is 38.2 Å². The zero-order valence-electron chi connectivity index (χ0n) is 15.0. The molecular weight excluding hydrogens is 294 g/mol. The number of nitrogens with zero attached hydrogens (tertiary/aromatic N) is 2. The fourth-order valence-corrected chi connectivity index (χ4v) is 2.70. The Morgan fingerprint density at radius 1 is 1.35 bits per heavy atom. The lowest BCUT2D eigenvalue weighted by Crippen LogP contribution is -2.44. The smallest absolute Gasteiger partial charge is 0.193 e. The van der Waals surface area contributed by atoms with Crippen molar-refractivity contribution in [3.63, 3.8) is 0 Å². The Balaban J connectivity index is 1.81. The predicted molar refractivity (Wildman–Crippen MR) is 91.9 cm³/mol. The third-order valence-corrected chi connectivity index (χ3v) is 4.67. The molecule has 0 bridgehead atoms. The fraction of sp³-hybridized carbons (Fsp3) is 0.941. The molecule has 0 aromatic heterocycles. The first-order valence-electron chi connectivity index (χ1n) is 8.89. The van der Waals surface area contributed by atoms with Gasteiger partial charge >= 0.3 is 0 Å². The van der Waals surface area contributed by atoms with Gasteiger partial charge in [0, 0.05) is 59.9 Å². The zero-order valence-corrected chi connectivity index (χ0v) is 15.0. The van der Waals surface area contributed by atoms with Gasteiger partial charge in [0.25, 0.3) is 0 Å². The van der Waals surface area contributed by atoms with E-state index in [4.69, 9.17) is 19.2 Å². The average Bonchev–Trinajstić information content (AvgIpc) is 3.40. The maximum atomic E-state index is 5.76. The van der Waals surface area contributed by atoms with Gasteiger partial charge in [-0.3, -0.25) is 4.99 Å². The largest absolute Gasteiger partial charge is 0.381 e. The van der Waals surface area contributed by atoms with E-state index < -0.39 is 0 Å². The van der Waals surface area contributed by atoms with Gasteiger partial charge in [0.2, 0.25) is 0 Å². The molecule has 2 fully saturated rings. The van der Waals surface area contributed by atoms with Crippen molar-refractivity contribution in [1.29, 1.82) is 0 Å². The van der Waals surface area contributed by atoms with Crippen molar-refractivity contribution >= 4 is 5.96 Å². The van der Waals surface area contributed by atoms with Crippen molar-refractivity contribution in [2.75, 3.05) is 60.2 Å². The average molecular weight is 327 g/mol. The van der Waals surface area contributed by atoms with E-state index in [1.165, 1.54) is 12.8 Å². The molecule has 1 heterocycles. The SMILES string of the molecule is CCNC(=NCC1(OC)CCOCC1)N(C)CCOCC1CC1. The molecule has 1 aliphatic carbocycles. The Hall–Kier alpha value is -0.850. The van der Waals surface area contributed by atoms with Crippen LogP contribution >= 0.6 is 0 Å². The van der Waals surface area contributed by atoms with Gasteiger partial charge in [0.15, 0.2) is 5.96 Å². The van der Waals surface area contributed by atoms with Gasteiger partial charge in [-0.1, -0.05) is 0 Å². The number of hydrogen-bond acceptors (Lipinski definition) is 4. The predicted octanol–water partition coefficient (Wildman–Crippen LogP) is 1.51. The molecule has 0 spiro atoms. The molecule has 1 aliphatic heterocycles. The van der Waals surface area contributed by atoms with Crippen LogP contribution in [-0.4, -0.2) is 76.7 Å². The number of aliphatic imine (C=N–C) groups is 1. The number of likely N-dealkylation sites (N-methyl/N-ethyl adjacent to an activating group) is 1. The number of methoxy groups -OCH3 is 1. The van der Waals surface area contributed by atoms with Crippen molar-refractivity contribution in [2.24, 2.45) is 10.9 Å². The molecule has 0 aromatic carbocycles. The number of guanidine groups is 1. The van der Waals surface area contributed by atoms with Crippen LogP contribution < -0.4 is 5.32 Å². The quantitative estimate of drug-likeness (QED) is 0.395. The molecule has 0 amide bonds. The molecule has 0 atom stereocenters. The second-order valence-electron chi connectivity index (χ2n) is 6.61. The molecule has 6 heteroatoms. The second kappa shape index (κ2) is 9.45. The Kier molecular flexibility index (Phi) is 7.59. The molecule has 134 valence electrons. The molecule has 2 rings (SSSR count). The minimum atomic E-state index is -0.178. The highest BCUT2D eigenvalue weighted by atomic mass is 16.5. The number of ether oxygens (including phenoxy) is 3. The first-order chi connectivity index (χ1) is 11.2. The van der Waals surface area contributed by atoms with Crippen LogP contribution in [0.15, 0.2) is 4.99 Å². The summed E-state index contributed by atoms with van der Waals surface area (Å²) >= 11 is 0. The van der Waals surface area contributed by atoms with Gasteiger partial charge in [-0.15, -0.1) is 0 Å². The monoisotopic (exact) mass is 327 g/mol. The van der Waals surface area contributed by atoms with Crippen LogP contribution in [0.1, 0.15) is 32.6 Å². The molecule has 23 heavy (non-hydrogen) atoms. The number of nitrogens with one attached hydrogen (secondary N) is 1. The fourth-order valence-electron chi connectivity index (χ4n) is 2.70. The van der Waals surface area contributed by atoms with Crippen LogP contribution in [0.3, 0.4) is 0 Å². The van der Waals surface area contributed by atoms with Gasteiger partial charge in [0.05, 0.1) is 18.8 Å². The molecular formula is C17H33N3O3. The Morgan fingerprint density at radius 3 is 2.70 bits per heavy atom. The van der Waals surface area contributed by atoms with E-state index in [9.17, 15) is 0 Å². The molecule has 1 saturated carbocycles. The lowest BCUT2D eigenvalue weighted by atomic mass is 9.94. The summed E-state index contributed by atoms with van der Waals surface area (Å²) in [5.41, 5.74) is -0.178. The molecule has 6 nitrogen and oxygen atoms in total. The van der Waals surface area contributed by atoms with Gasteiger partial charge in [-0.2, -0.15) is 0 Å². The highest BCUT2D eigenvalue weighted by Gasteiger charge is 2.32. The second-order valence-corrected chi connectivity index (χ2v) is 6.61. The molecule has 1 saturated heterocycles. The Bertz CT molecular complexity index is 366. The molecule has 1 N–H and O–H groups in total. The van der Waals surface area contributed by atoms with E-state index in [0.717, 1.165) is 64.2 Å². The van der Waals surface area contributed by atoms with Crippen molar-refractivity contribution in [3.05, 3.63) is 0 Å². The van der Waals surface area contributed by atoms with E-state index in [2.05, 4.69) is 24.2 Å². The third-order valence-electron chi connectivity index (χ3n) is 4.67. The molecule has 2 aliphatic rings. The van der Waals surface area contributed by atoms with Crippen LogP contribution in [0.5, 0.6) is 0 Å². The topological polar surface area (TPSA) is 55.3 Å². The van der Waals surface area contributed by atoms with Crippen LogP contribution in [0, 0.1) is 5.92 Å². The third kappa shape index (κ3) is 6.28. The van der Waals surface area contributed by atoms with E-state index in [1.54, 1.807) is 7.11 Å². The van der Waals surface area contributed by atoms with Gasteiger partial charge in [0.1, 0.15) is 0 Å². The normalized spacial score (nSPS) is 21.3. The molecule has 0 unspecified atom stereocenters. The maximum Gasteiger partial charge on any atom is 0.193 e. The first kappa shape index (κ1) is 18.5. The summed E-state index contributed by atoms with van der Waals surface area (Å²) in [6.45, 7) is 7.64. The molecule has 0 radical (unpaired) electrons. The van der Waals surface area contributed by atoms with Gasteiger partial charge in [-0.05, 0) is 25.7 Å². The maximum absolute atomic E-state index is 5.76. The van der Waals surface area contributed by atoms with E-state index in [-0.39, 0.29) is 5.60 Å². The van der Waals surface area contributed by atoms with Crippen LogP contribution in [0.2, 0.25) is 0 Å². The lowest BCUT2D eigenvalue weighted by molar-refractivity contribution is -0.0829. The standard InChI is InChI=1S/C17H33N3O3/c1-4-18-16(20(2)9-12-23-13-15-5-6-15)19-14-17(21-3)7-10-22-11-8-17/h15H,4-14H2,1-3H3,(H,18,19). The first-order valence-corrected chi connectivity index (χ1v) is 8.89. The van der Waals surface area contributed by atoms with Gasteiger partial charge < -0.3 is 24.4 Å². The highest BCUT2D eigenvalue weighted by Crippen LogP contribution is 2.28.